The first-order chi connectivity index (χ1) is 12.1. The van der Waals surface area contributed by atoms with E-state index in [1.807, 2.05) is 17.3 Å². The highest BCUT2D eigenvalue weighted by molar-refractivity contribution is 5.95. The van der Waals surface area contributed by atoms with Crippen LogP contribution in [0.25, 0.3) is 0 Å². The summed E-state index contributed by atoms with van der Waals surface area (Å²) in [6.07, 6.45) is -2.71. The Bertz CT molecular complexity index is 735. The number of alkyl halides is 3. The average Bonchev–Trinajstić information content (AvgIpc) is 2.83. The van der Waals surface area contributed by atoms with E-state index in [1.165, 1.54) is 0 Å². The van der Waals surface area contributed by atoms with E-state index in [0.717, 1.165) is 30.6 Å². The van der Waals surface area contributed by atoms with Crippen LogP contribution in [-0.4, -0.2) is 56.1 Å². The number of nitrogens with one attached hydrogen (secondary N) is 1. The smallest absolute Gasteiger partial charge is 0.373 e. The van der Waals surface area contributed by atoms with Gasteiger partial charge in [-0.1, -0.05) is 0 Å². The maximum atomic E-state index is 12.3. The number of carbonyl (C=O) groups is 2. The third kappa shape index (κ3) is 3.50. The molecule has 1 aromatic carbocycles. The van der Waals surface area contributed by atoms with Crippen molar-refractivity contribution in [1.82, 2.24) is 10.2 Å². The van der Waals surface area contributed by atoms with Gasteiger partial charge in [-0.25, -0.2) is 0 Å². The van der Waals surface area contributed by atoms with Crippen molar-refractivity contribution in [1.29, 1.82) is 0 Å². The zero-order valence-electron chi connectivity index (χ0n) is 14.8. The Hall–Kier alpha value is -2.25. The lowest BCUT2D eigenvalue weighted by molar-refractivity contribution is -0.131. The molecule has 5 nitrogen and oxygen atoms in total. The lowest BCUT2D eigenvalue weighted by atomic mass is 9.75. The zero-order chi connectivity index (χ0) is 19.1. The molecule has 1 aromatic rings. The number of rotatable bonds is 2. The van der Waals surface area contributed by atoms with Crippen LogP contribution >= 0.6 is 0 Å². The number of nitrogens with zero attached hydrogens (tertiary/aromatic N) is 2. The van der Waals surface area contributed by atoms with Gasteiger partial charge in [-0.3, -0.25) is 9.59 Å². The predicted octanol–water partition coefficient (Wildman–Crippen LogP) is 2.31. The number of halogens is 3. The summed E-state index contributed by atoms with van der Waals surface area (Å²) in [6, 6.07) is 5.01. The Morgan fingerprint density at radius 2 is 2.00 bits per heavy atom. The van der Waals surface area contributed by atoms with Crippen molar-refractivity contribution in [3.63, 3.8) is 0 Å². The maximum absolute atomic E-state index is 12.3. The van der Waals surface area contributed by atoms with Crippen molar-refractivity contribution in [3.05, 3.63) is 29.3 Å². The average molecular weight is 369 g/mol. The van der Waals surface area contributed by atoms with Crippen LogP contribution in [0.4, 0.5) is 18.9 Å². The molecule has 1 unspecified atom stereocenters. The van der Waals surface area contributed by atoms with E-state index in [0.29, 0.717) is 13.1 Å². The molecule has 2 aliphatic rings. The Morgan fingerprint density at radius 1 is 1.27 bits per heavy atom. The Morgan fingerprint density at radius 3 is 2.65 bits per heavy atom. The number of carbonyl (C=O) groups excluding carboxylic acids is 2. The minimum absolute atomic E-state index is 0.0132. The van der Waals surface area contributed by atoms with Gasteiger partial charge >= 0.3 is 6.18 Å². The molecular weight excluding hydrogens is 347 g/mol. The highest BCUT2D eigenvalue weighted by atomic mass is 19.4. The highest BCUT2D eigenvalue weighted by Crippen LogP contribution is 2.45. The number of amides is 2. The Balaban J connectivity index is 1.89. The fourth-order valence-electron chi connectivity index (χ4n) is 4.09. The minimum Gasteiger partial charge on any atom is -0.373 e. The second kappa shape index (κ2) is 6.48. The summed E-state index contributed by atoms with van der Waals surface area (Å²) in [5.41, 5.74) is 1.82. The Kier molecular flexibility index (Phi) is 4.62. The maximum Gasteiger partial charge on any atom is 0.405 e. The van der Waals surface area contributed by atoms with Crippen LogP contribution < -0.4 is 10.2 Å². The monoisotopic (exact) mass is 369 g/mol. The van der Waals surface area contributed by atoms with E-state index < -0.39 is 18.6 Å². The number of hydrogen-bond donors (Lipinski definition) is 1. The summed E-state index contributed by atoms with van der Waals surface area (Å²) < 4.78 is 37.0. The van der Waals surface area contributed by atoms with Crippen LogP contribution in [0.15, 0.2) is 18.2 Å². The van der Waals surface area contributed by atoms with Gasteiger partial charge < -0.3 is 15.1 Å². The van der Waals surface area contributed by atoms with Gasteiger partial charge in [0.05, 0.1) is 0 Å². The van der Waals surface area contributed by atoms with Crippen LogP contribution in [0.3, 0.4) is 0 Å². The molecule has 142 valence electrons. The number of benzene rings is 1. The quantitative estimate of drug-likeness (QED) is 0.871. The van der Waals surface area contributed by atoms with Gasteiger partial charge in [-0.2, -0.15) is 13.2 Å². The fourth-order valence-corrected chi connectivity index (χ4v) is 4.09. The first-order valence-electron chi connectivity index (χ1n) is 8.57. The molecule has 0 bridgehead atoms. The number of likely N-dealkylation sites (tertiary alicyclic amines) is 1. The summed E-state index contributed by atoms with van der Waals surface area (Å²) in [5.74, 6) is -0.728. The summed E-state index contributed by atoms with van der Waals surface area (Å²) in [4.78, 5) is 27.8. The van der Waals surface area contributed by atoms with Crippen LogP contribution in [0, 0.1) is 0 Å². The van der Waals surface area contributed by atoms with Crippen molar-refractivity contribution in [2.24, 2.45) is 0 Å². The first kappa shape index (κ1) is 18.5. The van der Waals surface area contributed by atoms with Crippen LogP contribution in [-0.2, 0) is 10.2 Å². The summed E-state index contributed by atoms with van der Waals surface area (Å²) in [7, 11) is 1.95. The molecule has 1 fully saturated rings. The van der Waals surface area contributed by atoms with Gasteiger partial charge in [-0.15, -0.1) is 0 Å². The fraction of sp³-hybridized carbons (Fsp3) is 0.556. The standard InChI is InChI=1S/C18H22F3N3O2/c1-12(25)24-7-3-6-17(11-24)10-23(2)15-5-4-13(8-14(15)17)16(26)22-9-18(19,20)21/h4-5,8H,3,6-7,9-11H2,1-2H3,(H,22,26). The highest BCUT2D eigenvalue weighted by Gasteiger charge is 2.45. The molecule has 0 aliphatic carbocycles. The number of hydrogen-bond acceptors (Lipinski definition) is 3. The second-order valence-corrected chi connectivity index (χ2v) is 7.21. The largest absolute Gasteiger partial charge is 0.405 e. The normalized spacial score (nSPS) is 22.5. The zero-order valence-corrected chi connectivity index (χ0v) is 14.8. The van der Waals surface area contributed by atoms with Crippen molar-refractivity contribution in [2.75, 3.05) is 38.1 Å². The molecule has 1 saturated heterocycles. The van der Waals surface area contributed by atoms with Crippen LogP contribution in [0.5, 0.6) is 0 Å². The van der Waals surface area contributed by atoms with Gasteiger partial charge in [0.25, 0.3) is 5.91 Å². The van der Waals surface area contributed by atoms with Gasteiger partial charge in [0.15, 0.2) is 0 Å². The van der Waals surface area contributed by atoms with Crippen molar-refractivity contribution in [2.45, 2.75) is 31.4 Å². The predicted molar refractivity (Wildman–Crippen MR) is 91.3 cm³/mol. The Labute approximate surface area is 150 Å². The molecule has 2 heterocycles. The van der Waals surface area contributed by atoms with Crippen LogP contribution in [0.2, 0.25) is 0 Å². The van der Waals surface area contributed by atoms with Crippen molar-refractivity contribution in [3.8, 4) is 0 Å². The van der Waals surface area contributed by atoms with Gasteiger partial charge in [0.1, 0.15) is 6.54 Å². The summed E-state index contributed by atoms with van der Waals surface area (Å²) in [6.45, 7) is 2.18. The van der Waals surface area contributed by atoms with E-state index in [1.54, 1.807) is 25.1 Å². The van der Waals surface area contributed by atoms with E-state index in [2.05, 4.69) is 4.90 Å². The SMILES string of the molecule is CC(=O)N1CCCC2(C1)CN(C)c1ccc(C(=O)NCC(F)(F)F)cc12. The molecule has 2 aliphatic heterocycles. The molecule has 0 aromatic heterocycles. The molecule has 0 saturated carbocycles. The van der Waals surface area contributed by atoms with Gasteiger partial charge in [0, 0.05) is 50.3 Å². The van der Waals surface area contributed by atoms with E-state index >= 15 is 0 Å². The molecule has 8 heteroatoms. The molecule has 3 rings (SSSR count). The molecular formula is C18H22F3N3O2. The lowest BCUT2D eigenvalue weighted by Crippen LogP contribution is -2.49. The molecule has 1 spiro atoms. The molecule has 2 amide bonds. The minimum atomic E-state index is -4.45. The lowest BCUT2D eigenvalue weighted by Gasteiger charge is -2.40. The summed E-state index contributed by atoms with van der Waals surface area (Å²) in [5, 5.41) is 1.92. The van der Waals surface area contributed by atoms with E-state index in [4.69, 9.17) is 0 Å². The number of fused-ring (bicyclic) bond motifs is 2. The van der Waals surface area contributed by atoms with E-state index in [9.17, 15) is 22.8 Å². The van der Waals surface area contributed by atoms with Gasteiger partial charge in [-0.05, 0) is 36.6 Å². The number of piperidine rings is 1. The third-order valence-corrected chi connectivity index (χ3v) is 5.25. The molecule has 1 atom stereocenters. The number of likely N-dealkylation sites (N-methyl/N-ethyl adjacent to an activating group) is 1. The van der Waals surface area contributed by atoms with Crippen LogP contribution in [0.1, 0.15) is 35.7 Å². The van der Waals surface area contributed by atoms with Crippen molar-refractivity contribution < 1.29 is 22.8 Å². The third-order valence-electron chi connectivity index (χ3n) is 5.25. The molecule has 0 radical (unpaired) electrons. The number of anilines is 1. The molecule has 26 heavy (non-hydrogen) atoms. The van der Waals surface area contributed by atoms with Crippen molar-refractivity contribution >= 4 is 17.5 Å². The first-order valence-corrected chi connectivity index (χ1v) is 8.57. The topological polar surface area (TPSA) is 52.7 Å². The summed E-state index contributed by atoms with van der Waals surface area (Å²) >= 11 is 0. The van der Waals surface area contributed by atoms with Gasteiger partial charge in [0.2, 0.25) is 5.91 Å². The van der Waals surface area contributed by atoms with E-state index in [-0.39, 0.29) is 16.9 Å². The second-order valence-electron chi connectivity index (χ2n) is 7.21. The molecule has 1 N–H and O–H groups in total.